The number of aryl methyl sites for hydroxylation is 1. The van der Waals surface area contributed by atoms with Crippen molar-refractivity contribution in [3.63, 3.8) is 0 Å². The van der Waals surface area contributed by atoms with E-state index in [2.05, 4.69) is 16.4 Å². The number of carbonyl (C=O) groups excluding carboxylic acids is 1. The molecule has 1 aliphatic carbocycles. The average molecular weight is 377 g/mol. The molecule has 3 nitrogen and oxygen atoms in total. The van der Waals surface area contributed by atoms with Crippen LogP contribution in [0.15, 0.2) is 36.4 Å². The molecule has 1 saturated carbocycles. The van der Waals surface area contributed by atoms with Crippen LogP contribution >= 0.6 is 34.5 Å². The van der Waals surface area contributed by atoms with Crippen LogP contribution in [-0.4, -0.2) is 10.9 Å². The maximum atomic E-state index is 12.5. The summed E-state index contributed by atoms with van der Waals surface area (Å²) in [6.07, 6.45) is 0.812. The Morgan fingerprint density at radius 1 is 1.21 bits per heavy atom. The Balaban J connectivity index is 1.48. The first-order valence-corrected chi connectivity index (χ1v) is 9.21. The summed E-state index contributed by atoms with van der Waals surface area (Å²) in [5.41, 5.74) is 3.12. The molecule has 1 heterocycles. The van der Waals surface area contributed by atoms with Gasteiger partial charge in [-0.1, -0.05) is 40.6 Å². The first-order valence-electron chi connectivity index (χ1n) is 7.63. The highest BCUT2D eigenvalue weighted by Crippen LogP contribution is 2.49. The predicted octanol–water partition coefficient (Wildman–Crippen LogP) is 5.65. The third-order valence-electron chi connectivity index (χ3n) is 4.21. The van der Waals surface area contributed by atoms with Crippen LogP contribution in [0.2, 0.25) is 10.0 Å². The van der Waals surface area contributed by atoms with Crippen LogP contribution in [0.5, 0.6) is 0 Å². The minimum absolute atomic E-state index is 0.00637. The summed E-state index contributed by atoms with van der Waals surface area (Å²) in [6, 6.07) is 11.5. The smallest absolute Gasteiger partial charge is 0.229 e. The van der Waals surface area contributed by atoms with Gasteiger partial charge < -0.3 is 5.32 Å². The monoisotopic (exact) mass is 376 g/mol. The molecule has 0 spiro atoms. The molecule has 0 saturated heterocycles. The zero-order valence-electron chi connectivity index (χ0n) is 12.8. The number of carbonyl (C=O) groups is 1. The quantitative estimate of drug-likeness (QED) is 0.641. The fourth-order valence-electron chi connectivity index (χ4n) is 2.93. The van der Waals surface area contributed by atoms with Gasteiger partial charge in [0.15, 0.2) is 5.13 Å². The molecule has 0 unspecified atom stereocenters. The minimum atomic E-state index is -0.0479. The van der Waals surface area contributed by atoms with Gasteiger partial charge in [0, 0.05) is 16.0 Å². The van der Waals surface area contributed by atoms with Crippen LogP contribution in [0.3, 0.4) is 0 Å². The molecule has 1 aliphatic rings. The van der Waals surface area contributed by atoms with Gasteiger partial charge in [-0.3, -0.25) is 4.79 Å². The number of nitrogens with one attached hydrogen (secondary N) is 1. The number of aromatic nitrogens is 1. The van der Waals surface area contributed by atoms with Crippen LogP contribution in [0.4, 0.5) is 5.13 Å². The maximum Gasteiger partial charge on any atom is 0.229 e. The molecule has 2 aromatic carbocycles. The van der Waals surface area contributed by atoms with Crippen molar-refractivity contribution in [1.82, 2.24) is 4.98 Å². The van der Waals surface area contributed by atoms with Crippen molar-refractivity contribution in [3.8, 4) is 0 Å². The van der Waals surface area contributed by atoms with Gasteiger partial charge in [0.05, 0.1) is 10.2 Å². The molecular weight excluding hydrogens is 363 g/mol. The van der Waals surface area contributed by atoms with Crippen molar-refractivity contribution < 1.29 is 4.79 Å². The lowest BCUT2D eigenvalue weighted by Gasteiger charge is -2.03. The maximum absolute atomic E-state index is 12.5. The van der Waals surface area contributed by atoms with Crippen molar-refractivity contribution >= 4 is 55.8 Å². The van der Waals surface area contributed by atoms with E-state index in [1.807, 2.05) is 31.2 Å². The highest BCUT2D eigenvalue weighted by molar-refractivity contribution is 7.22. The summed E-state index contributed by atoms with van der Waals surface area (Å²) in [5, 5.41) is 4.80. The molecule has 0 radical (unpaired) electrons. The Bertz CT molecular complexity index is 933. The van der Waals surface area contributed by atoms with Crippen LogP contribution in [0, 0.1) is 12.8 Å². The number of benzene rings is 2. The third kappa shape index (κ3) is 3.14. The Labute approximate surface area is 153 Å². The Hall–Kier alpha value is -1.62. The first kappa shape index (κ1) is 15.9. The van der Waals surface area contributed by atoms with E-state index in [1.165, 1.54) is 16.9 Å². The van der Waals surface area contributed by atoms with Gasteiger partial charge in [-0.05, 0) is 60.7 Å². The van der Waals surface area contributed by atoms with Crippen molar-refractivity contribution in [3.05, 3.63) is 57.6 Å². The summed E-state index contributed by atoms with van der Waals surface area (Å²) >= 11 is 13.6. The van der Waals surface area contributed by atoms with Gasteiger partial charge in [-0.2, -0.15) is 0 Å². The number of anilines is 1. The molecule has 0 aliphatic heterocycles. The number of hydrogen-bond acceptors (Lipinski definition) is 3. The average Bonchev–Trinajstić information content (AvgIpc) is 3.21. The lowest BCUT2D eigenvalue weighted by Crippen LogP contribution is -2.14. The Morgan fingerprint density at radius 2 is 1.96 bits per heavy atom. The number of nitrogens with zero attached hydrogens (tertiary/aromatic N) is 1. The van der Waals surface area contributed by atoms with Gasteiger partial charge >= 0.3 is 0 Å². The van der Waals surface area contributed by atoms with E-state index < -0.39 is 0 Å². The topological polar surface area (TPSA) is 42.0 Å². The number of thiazole rings is 1. The number of hydrogen-bond donors (Lipinski definition) is 1. The van der Waals surface area contributed by atoms with Crippen LogP contribution in [0.25, 0.3) is 10.2 Å². The summed E-state index contributed by atoms with van der Waals surface area (Å²) in [7, 11) is 0. The summed E-state index contributed by atoms with van der Waals surface area (Å²) in [6.45, 7) is 2.04. The van der Waals surface area contributed by atoms with Crippen LogP contribution in [-0.2, 0) is 4.79 Å². The molecule has 1 amide bonds. The molecular formula is C18H14Cl2N2OS. The van der Waals surface area contributed by atoms with Crippen LogP contribution in [0.1, 0.15) is 23.5 Å². The molecule has 0 bridgehead atoms. The summed E-state index contributed by atoms with van der Waals surface area (Å²) in [4.78, 5) is 16.9. The normalized spacial score (nSPS) is 19.5. The Morgan fingerprint density at radius 3 is 2.71 bits per heavy atom. The minimum Gasteiger partial charge on any atom is -0.302 e. The fourth-order valence-corrected chi connectivity index (χ4v) is 4.44. The van der Waals surface area contributed by atoms with Gasteiger partial charge in [0.2, 0.25) is 5.91 Å². The van der Waals surface area contributed by atoms with Crippen LogP contribution < -0.4 is 5.32 Å². The molecule has 4 rings (SSSR count). The largest absolute Gasteiger partial charge is 0.302 e. The van der Waals surface area contributed by atoms with E-state index in [1.54, 1.807) is 6.07 Å². The van der Waals surface area contributed by atoms with Crippen molar-refractivity contribution in [1.29, 1.82) is 0 Å². The molecule has 2 atom stereocenters. The van der Waals surface area contributed by atoms with E-state index in [0.29, 0.717) is 15.2 Å². The number of halogens is 2. The van der Waals surface area contributed by atoms with E-state index in [9.17, 15) is 4.79 Å². The molecule has 1 fully saturated rings. The highest BCUT2D eigenvalue weighted by atomic mass is 35.5. The molecule has 122 valence electrons. The Kier molecular flexibility index (Phi) is 3.99. The van der Waals surface area contributed by atoms with Crippen molar-refractivity contribution in [2.24, 2.45) is 5.92 Å². The SMILES string of the molecule is Cc1ccc2nc(NC(=O)[C@@H]3C[C@@H]3c3cc(Cl)cc(Cl)c3)sc2c1. The van der Waals surface area contributed by atoms with Gasteiger partial charge in [0.25, 0.3) is 0 Å². The predicted molar refractivity (Wildman–Crippen MR) is 100 cm³/mol. The summed E-state index contributed by atoms with van der Waals surface area (Å²) in [5.74, 6) is 0.137. The van der Waals surface area contributed by atoms with E-state index in [4.69, 9.17) is 23.2 Å². The van der Waals surface area contributed by atoms with Crippen molar-refractivity contribution in [2.75, 3.05) is 5.32 Å². The molecule has 6 heteroatoms. The van der Waals surface area contributed by atoms with E-state index in [-0.39, 0.29) is 17.7 Å². The first-order chi connectivity index (χ1) is 11.5. The van der Waals surface area contributed by atoms with E-state index >= 15 is 0 Å². The molecule has 1 N–H and O–H groups in total. The second-order valence-corrected chi connectivity index (χ2v) is 8.03. The zero-order chi connectivity index (χ0) is 16.8. The number of amides is 1. The van der Waals surface area contributed by atoms with E-state index in [0.717, 1.165) is 22.2 Å². The number of fused-ring (bicyclic) bond motifs is 1. The number of rotatable bonds is 3. The zero-order valence-corrected chi connectivity index (χ0v) is 15.2. The molecule has 24 heavy (non-hydrogen) atoms. The summed E-state index contributed by atoms with van der Waals surface area (Å²) < 4.78 is 1.08. The fraction of sp³-hybridized carbons (Fsp3) is 0.222. The van der Waals surface area contributed by atoms with Gasteiger partial charge in [-0.15, -0.1) is 0 Å². The van der Waals surface area contributed by atoms with Gasteiger partial charge in [0.1, 0.15) is 0 Å². The molecule has 1 aromatic heterocycles. The lowest BCUT2D eigenvalue weighted by molar-refractivity contribution is -0.117. The highest BCUT2D eigenvalue weighted by Gasteiger charge is 2.44. The second kappa shape index (κ2) is 6.03. The lowest BCUT2D eigenvalue weighted by atomic mass is 10.1. The molecule has 3 aromatic rings. The third-order valence-corrected chi connectivity index (χ3v) is 5.58. The van der Waals surface area contributed by atoms with Gasteiger partial charge in [-0.25, -0.2) is 4.98 Å². The van der Waals surface area contributed by atoms with Crippen molar-refractivity contribution in [2.45, 2.75) is 19.3 Å². The second-order valence-electron chi connectivity index (χ2n) is 6.13. The standard InChI is InChI=1S/C18H14Cl2N2OS/c1-9-2-3-15-16(4-9)24-18(21-15)22-17(23)14-8-13(14)10-5-11(19)7-12(20)6-10/h2-7,13-14H,8H2,1H3,(H,21,22,23)/t13-,14-/m1/s1.